The molecule has 130 valence electrons. The van der Waals surface area contributed by atoms with E-state index in [1.807, 2.05) is 4.90 Å². The van der Waals surface area contributed by atoms with Crippen LogP contribution in [0.3, 0.4) is 0 Å². The number of rotatable bonds is 5. The predicted molar refractivity (Wildman–Crippen MR) is 102 cm³/mol. The van der Waals surface area contributed by atoms with Crippen molar-refractivity contribution >= 4 is 35.8 Å². The van der Waals surface area contributed by atoms with Crippen molar-refractivity contribution < 1.29 is 9.21 Å². The molecule has 0 atom stereocenters. The maximum atomic E-state index is 12.2. The lowest BCUT2D eigenvalue weighted by molar-refractivity contribution is 0.0657. The summed E-state index contributed by atoms with van der Waals surface area (Å²) in [6.07, 6.45) is 3.79. The largest absolute Gasteiger partial charge is 0.459 e. The van der Waals surface area contributed by atoms with Crippen LogP contribution in [0.2, 0.25) is 0 Å². The first-order valence-electron chi connectivity index (χ1n) is 8.12. The van der Waals surface area contributed by atoms with Gasteiger partial charge in [0.25, 0.3) is 5.91 Å². The van der Waals surface area contributed by atoms with E-state index in [9.17, 15) is 4.79 Å². The summed E-state index contributed by atoms with van der Waals surface area (Å²) in [5.74, 6) is 1.34. The molecule has 0 aromatic carbocycles. The maximum Gasteiger partial charge on any atom is 0.289 e. The molecular weight excluding hydrogens is 407 g/mol. The zero-order valence-electron chi connectivity index (χ0n) is 14.0. The lowest BCUT2D eigenvalue weighted by Crippen LogP contribution is -2.53. The van der Waals surface area contributed by atoms with E-state index in [2.05, 4.69) is 29.1 Å². The van der Waals surface area contributed by atoms with Crippen LogP contribution in [0.1, 0.15) is 37.2 Å². The van der Waals surface area contributed by atoms with E-state index < -0.39 is 0 Å². The van der Waals surface area contributed by atoms with Gasteiger partial charge >= 0.3 is 0 Å². The molecule has 1 saturated heterocycles. The number of carbonyl (C=O) groups is 1. The highest BCUT2D eigenvalue weighted by Gasteiger charge is 2.24. The van der Waals surface area contributed by atoms with Crippen LogP contribution in [0, 0.1) is 0 Å². The van der Waals surface area contributed by atoms with Gasteiger partial charge in [-0.05, 0) is 25.5 Å². The Labute approximate surface area is 155 Å². The summed E-state index contributed by atoms with van der Waals surface area (Å²) in [6, 6.07) is 3.46. The number of hydrogen-bond donors (Lipinski definition) is 1. The van der Waals surface area contributed by atoms with Gasteiger partial charge in [0.15, 0.2) is 11.7 Å². The summed E-state index contributed by atoms with van der Waals surface area (Å²) < 4.78 is 5.19. The third-order valence-corrected chi connectivity index (χ3v) is 3.71. The molecule has 6 nitrogen and oxygen atoms in total. The fourth-order valence-corrected chi connectivity index (χ4v) is 2.45. The molecule has 0 saturated carbocycles. The van der Waals surface area contributed by atoms with Crippen LogP contribution in [0.5, 0.6) is 0 Å². The Hall–Kier alpha value is -1.25. The number of guanidine groups is 1. The first kappa shape index (κ1) is 19.8. The Kier molecular flexibility index (Phi) is 9.05. The lowest BCUT2D eigenvalue weighted by Gasteiger charge is -2.36. The number of nitrogens with zero attached hydrogens (tertiary/aromatic N) is 3. The van der Waals surface area contributed by atoms with E-state index in [1.165, 1.54) is 6.26 Å². The molecule has 0 bridgehead atoms. The molecule has 0 radical (unpaired) electrons. The Morgan fingerprint density at radius 1 is 1.26 bits per heavy atom. The van der Waals surface area contributed by atoms with E-state index in [4.69, 9.17) is 4.42 Å². The quantitative estimate of drug-likeness (QED) is 0.335. The molecule has 1 fully saturated rings. The van der Waals surface area contributed by atoms with Gasteiger partial charge in [0.2, 0.25) is 0 Å². The number of hydrogen-bond acceptors (Lipinski definition) is 3. The number of piperazine rings is 1. The second-order valence-corrected chi connectivity index (χ2v) is 5.35. The number of unbranched alkanes of at least 4 members (excludes halogenated alkanes) is 1. The minimum absolute atomic E-state index is 0. The Morgan fingerprint density at radius 3 is 2.52 bits per heavy atom. The Balaban J connectivity index is 0.00000264. The van der Waals surface area contributed by atoms with Crippen molar-refractivity contribution in [2.24, 2.45) is 4.99 Å². The summed E-state index contributed by atoms with van der Waals surface area (Å²) >= 11 is 0. The second-order valence-electron chi connectivity index (χ2n) is 5.35. The van der Waals surface area contributed by atoms with Crippen LogP contribution in [-0.4, -0.2) is 60.9 Å². The third-order valence-electron chi connectivity index (χ3n) is 3.71. The third kappa shape index (κ3) is 5.71. The Morgan fingerprint density at radius 2 is 1.96 bits per heavy atom. The summed E-state index contributed by atoms with van der Waals surface area (Å²) in [6.45, 7) is 8.93. The molecule has 1 aromatic rings. The molecule has 1 aliphatic heterocycles. The normalized spacial score (nSPS) is 15.3. The van der Waals surface area contributed by atoms with E-state index in [1.54, 1.807) is 12.1 Å². The number of furan rings is 1. The van der Waals surface area contributed by atoms with Crippen LogP contribution in [0.25, 0.3) is 0 Å². The van der Waals surface area contributed by atoms with Crippen LogP contribution >= 0.6 is 24.0 Å². The van der Waals surface area contributed by atoms with Crippen molar-refractivity contribution in [3.8, 4) is 0 Å². The highest BCUT2D eigenvalue weighted by atomic mass is 127. The van der Waals surface area contributed by atoms with Crippen molar-refractivity contribution in [3.63, 3.8) is 0 Å². The zero-order valence-corrected chi connectivity index (χ0v) is 16.3. The zero-order chi connectivity index (χ0) is 15.8. The summed E-state index contributed by atoms with van der Waals surface area (Å²) in [5.41, 5.74) is 0. The molecule has 0 aliphatic carbocycles. The molecule has 0 unspecified atom stereocenters. The van der Waals surface area contributed by atoms with E-state index >= 15 is 0 Å². The maximum absolute atomic E-state index is 12.2. The molecule has 1 N–H and O–H groups in total. The topological polar surface area (TPSA) is 61.1 Å². The summed E-state index contributed by atoms with van der Waals surface area (Å²) in [4.78, 5) is 21.0. The first-order valence-corrected chi connectivity index (χ1v) is 8.12. The van der Waals surface area contributed by atoms with Gasteiger partial charge in [0.05, 0.1) is 6.26 Å². The molecule has 2 heterocycles. The predicted octanol–water partition coefficient (Wildman–Crippen LogP) is 2.42. The van der Waals surface area contributed by atoms with Crippen molar-refractivity contribution in [2.45, 2.75) is 26.7 Å². The molecule has 23 heavy (non-hydrogen) atoms. The van der Waals surface area contributed by atoms with Crippen LogP contribution < -0.4 is 5.32 Å². The smallest absolute Gasteiger partial charge is 0.289 e. The van der Waals surface area contributed by atoms with Gasteiger partial charge in [-0.1, -0.05) is 13.3 Å². The van der Waals surface area contributed by atoms with Crippen molar-refractivity contribution in [2.75, 3.05) is 39.3 Å². The Bertz CT molecular complexity index is 482. The minimum atomic E-state index is -0.0300. The van der Waals surface area contributed by atoms with Gasteiger partial charge in [-0.25, -0.2) is 0 Å². The summed E-state index contributed by atoms with van der Waals surface area (Å²) in [7, 11) is 0. The lowest BCUT2D eigenvalue weighted by atomic mass is 10.3. The van der Waals surface area contributed by atoms with Gasteiger partial charge in [0.1, 0.15) is 0 Å². The fraction of sp³-hybridized carbons (Fsp3) is 0.625. The van der Waals surface area contributed by atoms with Gasteiger partial charge in [-0.2, -0.15) is 0 Å². The van der Waals surface area contributed by atoms with Crippen LogP contribution in [0.4, 0.5) is 0 Å². The molecule has 7 heteroatoms. The van der Waals surface area contributed by atoms with Crippen LogP contribution in [0.15, 0.2) is 27.8 Å². The molecule has 1 aliphatic rings. The number of amides is 1. The SMILES string of the molecule is CCCCN=C(NCC)N1CCN(C(=O)c2ccco2)CC1.I. The van der Waals surface area contributed by atoms with Crippen molar-refractivity contribution in [1.29, 1.82) is 0 Å². The molecular formula is C16H27IN4O2. The van der Waals surface area contributed by atoms with Crippen molar-refractivity contribution in [1.82, 2.24) is 15.1 Å². The molecule has 1 aromatic heterocycles. The number of carbonyl (C=O) groups excluding carboxylic acids is 1. The highest BCUT2D eigenvalue weighted by Crippen LogP contribution is 2.09. The number of halogens is 1. The van der Waals surface area contributed by atoms with Crippen molar-refractivity contribution in [3.05, 3.63) is 24.2 Å². The van der Waals surface area contributed by atoms with Gasteiger partial charge in [0, 0.05) is 39.3 Å². The van der Waals surface area contributed by atoms with E-state index in [-0.39, 0.29) is 29.9 Å². The molecule has 0 spiro atoms. The molecule has 2 rings (SSSR count). The average Bonchev–Trinajstić information content (AvgIpc) is 3.08. The number of nitrogens with one attached hydrogen (secondary N) is 1. The van der Waals surface area contributed by atoms with E-state index in [0.717, 1.165) is 45.0 Å². The standard InChI is InChI=1S/C16H26N4O2.HI/c1-3-5-8-18-16(17-4-2)20-11-9-19(10-12-20)15(21)14-7-6-13-22-14;/h6-7,13H,3-5,8-12H2,1-2H3,(H,17,18);1H. The highest BCUT2D eigenvalue weighted by molar-refractivity contribution is 14.0. The number of aliphatic imine (C=N–C) groups is 1. The van der Waals surface area contributed by atoms with Gasteiger partial charge in [-0.15, -0.1) is 24.0 Å². The van der Waals surface area contributed by atoms with E-state index in [0.29, 0.717) is 18.8 Å². The van der Waals surface area contributed by atoms with Gasteiger partial charge < -0.3 is 19.5 Å². The van der Waals surface area contributed by atoms with Gasteiger partial charge in [-0.3, -0.25) is 9.79 Å². The second kappa shape index (κ2) is 10.5. The van der Waals surface area contributed by atoms with Crippen LogP contribution in [-0.2, 0) is 0 Å². The minimum Gasteiger partial charge on any atom is -0.459 e. The fourth-order valence-electron chi connectivity index (χ4n) is 2.45. The monoisotopic (exact) mass is 434 g/mol. The summed E-state index contributed by atoms with van der Waals surface area (Å²) in [5, 5.41) is 3.34. The first-order chi connectivity index (χ1) is 10.8. The average molecular weight is 434 g/mol. The molecule has 1 amide bonds.